The van der Waals surface area contributed by atoms with Gasteiger partial charge in [-0.2, -0.15) is 10.2 Å². The zero-order chi connectivity index (χ0) is 28.8. The fraction of sp³-hybridized carbons (Fsp3) is 0.185. The number of tetrazole rings is 2. The van der Waals surface area contributed by atoms with E-state index in [0.717, 1.165) is 5.57 Å². The van der Waals surface area contributed by atoms with Crippen molar-refractivity contribution in [3.05, 3.63) is 99.9 Å². The third kappa shape index (κ3) is 6.23. The van der Waals surface area contributed by atoms with Gasteiger partial charge in [0.1, 0.15) is 23.9 Å². The van der Waals surface area contributed by atoms with Crippen LogP contribution in [0.15, 0.2) is 76.2 Å². The van der Waals surface area contributed by atoms with E-state index in [1.54, 1.807) is 62.7 Å². The van der Waals surface area contributed by atoms with Crippen molar-refractivity contribution in [2.24, 2.45) is 10.2 Å². The minimum atomic E-state index is -0.136. The predicted octanol–water partition coefficient (Wildman–Crippen LogP) is 2.11. The largest absolute Gasteiger partial charge is 0.507 e. The van der Waals surface area contributed by atoms with Gasteiger partial charge in [-0.15, -0.1) is 19.8 Å². The summed E-state index contributed by atoms with van der Waals surface area (Å²) in [5.41, 5.74) is 3.55. The SMILES string of the molecule is Cc1nnnn1/N=C/c1ccc(O)c(C(=C2C=C(OCCO)C=CC2)c2cc(/C=N/n3nnnc3C)ccc2O)c1. The van der Waals surface area contributed by atoms with Crippen LogP contribution in [0.2, 0.25) is 0 Å². The number of aliphatic hydroxyl groups is 1. The van der Waals surface area contributed by atoms with Gasteiger partial charge in [-0.1, -0.05) is 6.08 Å². The van der Waals surface area contributed by atoms with Crippen molar-refractivity contribution >= 4 is 18.0 Å². The first-order valence-corrected chi connectivity index (χ1v) is 12.5. The van der Waals surface area contributed by atoms with Crippen LogP contribution in [0.25, 0.3) is 5.57 Å². The Morgan fingerprint density at radius 1 is 0.902 bits per heavy atom. The summed E-state index contributed by atoms with van der Waals surface area (Å²) in [5, 5.41) is 62.4. The number of benzene rings is 2. The van der Waals surface area contributed by atoms with E-state index in [1.807, 2.05) is 18.2 Å². The number of phenolic OH excluding ortho intramolecular Hbond substituents is 2. The van der Waals surface area contributed by atoms with Crippen LogP contribution in [-0.2, 0) is 4.74 Å². The van der Waals surface area contributed by atoms with Crippen LogP contribution in [-0.4, -0.2) is 81.6 Å². The van der Waals surface area contributed by atoms with Crippen LogP contribution in [0, 0.1) is 13.8 Å². The Bertz CT molecular complexity index is 1610. The fourth-order valence-corrected chi connectivity index (χ4v) is 4.08. The third-order valence-corrected chi connectivity index (χ3v) is 6.04. The van der Waals surface area contributed by atoms with Crippen molar-refractivity contribution in [1.82, 2.24) is 40.6 Å². The average molecular weight is 555 g/mol. The molecule has 0 amide bonds. The first kappa shape index (κ1) is 27.1. The number of hydrogen-bond acceptors (Lipinski definition) is 12. The van der Waals surface area contributed by atoms with E-state index >= 15 is 0 Å². The summed E-state index contributed by atoms with van der Waals surface area (Å²) in [4.78, 5) is 2.57. The Morgan fingerprint density at radius 3 is 1.95 bits per heavy atom. The first-order valence-electron chi connectivity index (χ1n) is 12.5. The number of nitrogens with zero attached hydrogens (tertiary/aromatic N) is 10. The average Bonchev–Trinajstić information content (AvgIpc) is 3.59. The van der Waals surface area contributed by atoms with Crippen LogP contribution >= 0.6 is 0 Å². The zero-order valence-electron chi connectivity index (χ0n) is 22.2. The lowest BCUT2D eigenvalue weighted by Gasteiger charge is -2.19. The molecule has 208 valence electrons. The summed E-state index contributed by atoms with van der Waals surface area (Å²) in [6, 6.07) is 10.0. The van der Waals surface area contributed by atoms with Crippen LogP contribution < -0.4 is 0 Å². The molecule has 0 fully saturated rings. The molecule has 4 aromatic rings. The molecule has 0 saturated carbocycles. The molecule has 1 aliphatic rings. The van der Waals surface area contributed by atoms with E-state index in [4.69, 9.17) is 4.74 Å². The van der Waals surface area contributed by atoms with E-state index in [0.29, 0.717) is 51.7 Å². The highest BCUT2D eigenvalue weighted by Crippen LogP contribution is 2.40. The van der Waals surface area contributed by atoms with Gasteiger partial charge in [-0.3, -0.25) is 0 Å². The summed E-state index contributed by atoms with van der Waals surface area (Å²) in [6.45, 7) is 3.44. The van der Waals surface area contributed by atoms with Crippen molar-refractivity contribution in [2.45, 2.75) is 20.3 Å². The maximum atomic E-state index is 11.1. The Hall–Kier alpha value is -5.50. The van der Waals surface area contributed by atoms with Crippen molar-refractivity contribution in [3.8, 4) is 11.5 Å². The Labute approximate surface area is 233 Å². The molecule has 2 heterocycles. The van der Waals surface area contributed by atoms with E-state index in [2.05, 4.69) is 41.3 Å². The third-order valence-electron chi connectivity index (χ3n) is 6.04. The Kier molecular flexibility index (Phi) is 8.01. The van der Waals surface area contributed by atoms with Gasteiger partial charge in [0.15, 0.2) is 11.6 Å². The number of phenols is 2. The topological polar surface area (TPSA) is 182 Å². The Balaban J connectivity index is 1.64. The Morgan fingerprint density at radius 2 is 1.46 bits per heavy atom. The smallest absolute Gasteiger partial charge is 0.173 e. The molecule has 14 nitrogen and oxygen atoms in total. The lowest BCUT2D eigenvalue weighted by atomic mass is 9.87. The molecule has 3 N–H and O–H groups in total. The molecule has 0 bridgehead atoms. The van der Waals surface area contributed by atoms with E-state index in [-0.39, 0.29) is 24.7 Å². The highest BCUT2D eigenvalue weighted by atomic mass is 16.5. The normalized spacial score (nSPS) is 13.3. The molecule has 0 radical (unpaired) electrons. The summed E-state index contributed by atoms with van der Waals surface area (Å²) in [5.74, 6) is 1.55. The highest BCUT2D eigenvalue weighted by Gasteiger charge is 2.20. The molecule has 0 aliphatic heterocycles. The van der Waals surface area contributed by atoms with Crippen LogP contribution in [0.4, 0.5) is 0 Å². The van der Waals surface area contributed by atoms with E-state index in [1.165, 1.54) is 9.58 Å². The summed E-state index contributed by atoms with van der Waals surface area (Å²) in [7, 11) is 0. The quantitative estimate of drug-likeness (QED) is 0.259. The molecule has 2 aromatic heterocycles. The minimum Gasteiger partial charge on any atom is -0.507 e. The van der Waals surface area contributed by atoms with E-state index < -0.39 is 0 Å². The molecule has 5 rings (SSSR count). The maximum Gasteiger partial charge on any atom is 0.173 e. The van der Waals surface area contributed by atoms with Crippen LogP contribution in [0.5, 0.6) is 11.5 Å². The first-order chi connectivity index (χ1) is 19.9. The standard InChI is InChI=1S/C27H26N10O4/c1-17-30-32-34-36(17)28-15-19-6-8-25(39)23(12-19)27(21-4-3-5-22(14-21)41-11-10-38)24-13-20(7-9-26(24)40)16-29-37-18(2)31-33-35-37/h3,5-9,12-16,38-40H,4,10-11H2,1-2H3/b28-15+,29-16+. The number of rotatable bonds is 9. The number of aromatic hydroxyl groups is 2. The van der Waals surface area contributed by atoms with Gasteiger partial charge in [-0.05, 0) is 112 Å². The van der Waals surface area contributed by atoms with E-state index in [9.17, 15) is 15.3 Å². The second-order valence-corrected chi connectivity index (χ2v) is 8.90. The molecule has 0 unspecified atom stereocenters. The lowest BCUT2D eigenvalue weighted by Crippen LogP contribution is -2.03. The fourth-order valence-electron chi connectivity index (χ4n) is 4.08. The van der Waals surface area contributed by atoms with Gasteiger partial charge in [0.25, 0.3) is 0 Å². The number of aromatic nitrogens is 8. The second kappa shape index (κ2) is 12.1. The summed E-state index contributed by atoms with van der Waals surface area (Å²) >= 11 is 0. The van der Waals surface area contributed by atoms with Gasteiger partial charge in [-0.25, -0.2) is 0 Å². The van der Waals surface area contributed by atoms with Crippen molar-refractivity contribution < 1.29 is 20.1 Å². The highest BCUT2D eigenvalue weighted by molar-refractivity contribution is 5.93. The number of aliphatic hydroxyl groups excluding tert-OH is 1. The minimum absolute atomic E-state index is 0.00758. The maximum absolute atomic E-state index is 11.1. The van der Waals surface area contributed by atoms with Gasteiger partial charge in [0.2, 0.25) is 0 Å². The summed E-state index contributed by atoms with van der Waals surface area (Å²) < 4.78 is 5.65. The number of hydrogen-bond donors (Lipinski definition) is 3. The molecule has 0 spiro atoms. The van der Waals surface area contributed by atoms with Crippen LogP contribution in [0.3, 0.4) is 0 Å². The van der Waals surface area contributed by atoms with Gasteiger partial charge >= 0.3 is 0 Å². The van der Waals surface area contributed by atoms with Crippen molar-refractivity contribution in [2.75, 3.05) is 13.2 Å². The monoisotopic (exact) mass is 554 g/mol. The van der Waals surface area contributed by atoms with Crippen molar-refractivity contribution in [3.63, 3.8) is 0 Å². The molecule has 14 heteroatoms. The molecule has 41 heavy (non-hydrogen) atoms. The number of ether oxygens (including phenoxy) is 1. The van der Waals surface area contributed by atoms with Gasteiger partial charge in [0, 0.05) is 11.1 Å². The molecular weight excluding hydrogens is 528 g/mol. The van der Waals surface area contributed by atoms with Gasteiger partial charge in [0.05, 0.1) is 19.0 Å². The molecule has 2 aromatic carbocycles. The summed E-state index contributed by atoms with van der Waals surface area (Å²) in [6.07, 6.45) is 9.17. The number of aryl methyl sites for hydroxylation is 2. The predicted molar refractivity (Wildman–Crippen MR) is 148 cm³/mol. The molecule has 1 aliphatic carbocycles. The zero-order valence-corrected chi connectivity index (χ0v) is 22.2. The second-order valence-electron chi connectivity index (χ2n) is 8.90. The van der Waals surface area contributed by atoms with Crippen molar-refractivity contribution in [1.29, 1.82) is 0 Å². The molecular formula is C27H26N10O4. The van der Waals surface area contributed by atoms with Gasteiger partial charge < -0.3 is 20.1 Å². The van der Waals surface area contributed by atoms with Crippen LogP contribution in [0.1, 0.15) is 40.3 Å². The molecule has 0 atom stereocenters. The number of allylic oxidation sites excluding steroid dienone is 4. The lowest BCUT2D eigenvalue weighted by molar-refractivity contribution is 0.151. The molecule has 0 saturated heterocycles.